The van der Waals surface area contributed by atoms with Gasteiger partial charge in [0.15, 0.2) is 0 Å². The number of hydrogen-bond acceptors (Lipinski definition) is 3. The number of carboxylic acid groups (broad SMARTS) is 1. The molecular weight excluding hydrogens is 256 g/mol. The fourth-order valence-electron chi connectivity index (χ4n) is 4.33. The fraction of sp³-hybridized carbons (Fsp3) is 0.867. The molecule has 0 aromatic rings. The number of carboxylic acids is 1. The van der Waals surface area contributed by atoms with Gasteiger partial charge in [-0.25, -0.2) is 0 Å². The summed E-state index contributed by atoms with van der Waals surface area (Å²) in [6, 6.07) is 0.452. The average Bonchev–Trinajstić information content (AvgIpc) is 3.03. The van der Waals surface area contributed by atoms with Gasteiger partial charge >= 0.3 is 5.97 Å². The lowest BCUT2D eigenvalue weighted by Crippen LogP contribution is -2.53. The molecule has 0 aromatic carbocycles. The van der Waals surface area contributed by atoms with Gasteiger partial charge in [-0.1, -0.05) is 12.8 Å². The molecule has 3 aliphatic rings. The minimum atomic E-state index is -0.794. The van der Waals surface area contributed by atoms with E-state index in [0.717, 1.165) is 45.2 Å². The summed E-state index contributed by atoms with van der Waals surface area (Å²) in [5.41, 5.74) is -0.281. The number of carbonyl (C=O) groups excluding carboxylic acids is 1. The Hall–Kier alpha value is -1.10. The van der Waals surface area contributed by atoms with E-state index in [1.54, 1.807) is 0 Å². The summed E-state index contributed by atoms with van der Waals surface area (Å²) in [5, 5.41) is 8.91. The van der Waals surface area contributed by atoms with E-state index < -0.39 is 5.97 Å². The number of hydrogen-bond donors (Lipinski definition) is 1. The highest BCUT2D eigenvalue weighted by molar-refractivity contribution is 5.84. The average molecular weight is 280 g/mol. The largest absolute Gasteiger partial charge is 0.480 e. The third-order valence-electron chi connectivity index (χ3n) is 5.33. The minimum absolute atomic E-state index is 0.0679. The van der Waals surface area contributed by atoms with Crippen molar-refractivity contribution in [3.8, 4) is 0 Å². The second-order valence-corrected chi connectivity index (χ2v) is 6.68. The molecule has 1 aliphatic carbocycles. The Balaban J connectivity index is 1.70. The van der Waals surface area contributed by atoms with Gasteiger partial charge in [0.1, 0.15) is 0 Å². The van der Waals surface area contributed by atoms with Crippen LogP contribution in [0.15, 0.2) is 0 Å². The first-order valence-corrected chi connectivity index (χ1v) is 7.86. The third-order valence-corrected chi connectivity index (χ3v) is 5.33. The van der Waals surface area contributed by atoms with Crippen LogP contribution in [0.25, 0.3) is 0 Å². The van der Waals surface area contributed by atoms with Gasteiger partial charge in [0, 0.05) is 19.1 Å². The Bertz CT molecular complexity index is 406. The normalized spacial score (nSPS) is 32.4. The van der Waals surface area contributed by atoms with E-state index in [2.05, 4.69) is 4.90 Å². The zero-order chi connectivity index (χ0) is 14.2. The van der Waals surface area contributed by atoms with E-state index in [-0.39, 0.29) is 12.0 Å². The number of aliphatic carboxylic acids is 1. The van der Waals surface area contributed by atoms with Crippen molar-refractivity contribution in [2.24, 2.45) is 5.41 Å². The summed E-state index contributed by atoms with van der Waals surface area (Å²) in [7, 11) is 0. The van der Waals surface area contributed by atoms with Crippen LogP contribution in [0.2, 0.25) is 0 Å². The van der Waals surface area contributed by atoms with Gasteiger partial charge in [-0.2, -0.15) is 0 Å². The Morgan fingerprint density at radius 1 is 1.20 bits per heavy atom. The molecule has 5 heteroatoms. The predicted octanol–water partition coefficient (Wildman–Crippen LogP) is 1.33. The molecule has 3 fully saturated rings. The molecule has 1 atom stereocenters. The molecule has 1 N–H and O–H groups in total. The molecule has 2 saturated heterocycles. The van der Waals surface area contributed by atoms with Crippen LogP contribution < -0.4 is 0 Å². The van der Waals surface area contributed by atoms with Gasteiger partial charge in [-0.15, -0.1) is 0 Å². The van der Waals surface area contributed by atoms with Crippen molar-refractivity contribution in [3.63, 3.8) is 0 Å². The molecule has 1 spiro atoms. The van der Waals surface area contributed by atoms with E-state index in [4.69, 9.17) is 5.11 Å². The van der Waals surface area contributed by atoms with Gasteiger partial charge in [0.2, 0.25) is 5.91 Å². The van der Waals surface area contributed by atoms with Crippen molar-refractivity contribution >= 4 is 11.9 Å². The van der Waals surface area contributed by atoms with Crippen molar-refractivity contribution in [1.82, 2.24) is 9.80 Å². The summed E-state index contributed by atoms with van der Waals surface area (Å²) in [5.74, 6) is -0.485. The molecular formula is C15H24N2O3. The molecule has 1 saturated carbocycles. The molecule has 2 heterocycles. The molecule has 0 bridgehead atoms. The van der Waals surface area contributed by atoms with E-state index in [0.29, 0.717) is 18.5 Å². The predicted molar refractivity (Wildman–Crippen MR) is 74.3 cm³/mol. The highest BCUT2D eigenvalue weighted by Crippen LogP contribution is 2.42. The molecule has 0 radical (unpaired) electrons. The second-order valence-electron chi connectivity index (χ2n) is 6.68. The Kier molecular flexibility index (Phi) is 3.71. The highest BCUT2D eigenvalue weighted by atomic mass is 16.4. The summed E-state index contributed by atoms with van der Waals surface area (Å²) in [6.07, 6.45) is 7.64. The number of rotatable bonds is 3. The highest BCUT2D eigenvalue weighted by Gasteiger charge is 2.49. The monoisotopic (exact) mass is 280 g/mol. The number of carbonyl (C=O) groups is 2. The van der Waals surface area contributed by atoms with E-state index >= 15 is 0 Å². The summed E-state index contributed by atoms with van der Waals surface area (Å²) in [6.45, 7) is 2.36. The number of amides is 1. The summed E-state index contributed by atoms with van der Waals surface area (Å²) >= 11 is 0. The van der Waals surface area contributed by atoms with Crippen LogP contribution in [0.5, 0.6) is 0 Å². The number of nitrogens with zero attached hydrogens (tertiary/aromatic N) is 2. The van der Waals surface area contributed by atoms with Crippen molar-refractivity contribution in [1.29, 1.82) is 0 Å². The van der Waals surface area contributed by atoms with Gasteiger partial charge in [0.05, 0.1) is 12.0 Å². The molecule has 0 unspecified atom stereocenters. The molecule has 112 valence electrons. The maximum atomic E-state index is 12.9. The van der Waals surface area contributed by atoms with Gasteiger partial charge in [-0.05, 0) is 38.6 Å². The Morgan fingerprint density at radius 2 is 1.95 bits per heavy atom. The van der Waals surface area contributed by atoms with E-state index in [1.807, 2.05) is 4.90 Å². The maximum Gasteiger partial charge on any atom is 0.317 e. The lowest BCUT2D eigenvalue weighted by atomic mass is 9.77. The Morgan fingerprint density at radius 3 is 2.65 bits per heavy atom. The van der Waals surface area contributed by atoms with Crippen molar-refractivity contribution in [3.05, 3.63) is 0 Å². The van der Waals surface area contributed by atoms with Gasteiger partial charge in [0.25, 0.3) is 0 Å². The SMILES string of the molecule is O=C(O)CN1CC[C@@]2(CCCN(C3CCCC3)C2=O)C1. The van der Waals surface area contributed by atoms with Crippen molar-refractivity contribution < 1.29 is 14.7 Å². The standard InChI is InChI=1S/C15H24N2O3/c18-13(19)10-16-9-7-15(11-16)6-3-8-17(14(15)20)12-4-1-2-5-12/h12H,1-11H2,(H,18,19)/t15-/m0/s1. The first-order valence-electron chi connectivity index (χ1n) is 7.86. The quantitative estimate of drug-likeness (QED) is 0.847. The lowest BCUT2D eigenvalue weighted by molar-refractivity contribution is -0.149. The fourth-order valence-corrected chi connectivity index (χ4v) is 4.33. The summed E-state index contributed by atoms with van der Waals surface area (Å²) < 4.78 is 0. The van der Waals surface area contributed by atoms with Crippen LogP contribution >= 0.6 is 0 Å². The Labute approximate surface area is 119 Å². The molecule has 3 rings (SSSR count). The van der Waals surface area contributed by atoms with Crippen LogP contribution in [0, 0.1) is 5.41 Å². The van der Waals surface area contributed by atoms with Crippen LogP contribution in [0.4, 0.5) is 0 Å². The maximum absolute atomic E-state index is 12.9. The first-order chi connectivity index (χ1) is 9.61. The summed E-state index contributed by atoms with van der Waals surface area (Å²) in [4.78, 5) is 27.8. The van der Waals surface area contributed by atoms with Crippen LogP contribution in [-0.4, -0.2) is 59.0 Å². The van der Waals surface area contributed by atoms with E-state index in [1.165, 1.54) is 12.8 Å². The zero-order valence-electron chi connectivity index (χ0n) is 12.0. The second kappa shape index (κ2) is 5.35. The van der Waals surface area contributed by atoms with Crippen molar-refractivity contribution in [2.45, 2.75) is 51.0 Å². The smallest absolute Gasteiger partial charge is 0.317 e. The third kappa shape index (κ3) is 2.43. The van der Waals surface area contributed by atoms with Crippen LogP contribution in [0.1, 0.15) is 44.9 Å². The molecule has 0 aromatic heterocycles. The number of piperidine rings is 1. The topological polar surface area (TPSA) is 60.9 Å². The van der Waals surface area contributed by atoms with Gasteiger partial charge in [-0.3, -0.25) is 14.5 Å². The molecule has 1 amide bonds. The first kappa shape index (κ1) is 13.9. The van der Waals surface area contributed by atoms with E-state index in [9.17, 15) is 9.59 Å². The lowest BCUT2D eigenvalue weighted by Gasteiger charge is -2.42. The molecule has 5 nitrogen and oxygen atoms in total. The van der Waals surface area contributed by atoms with Crippen molar-refractivity contribution in [2.75, 3.05) is 26.2 Å². The van der Waals surface area contributed by atoms with Crippen LogP contribution in [-0.2, 0) is 9.59 Å². The molecule has 20 heavy (non-hydrogen) atoms. The molecule has 2 aliphatic heterocycles. The van der Waals surface area contributed by atoms with Crippen LogP contribution in [0.3, 0.4) is 0 Å². The minimum Gasteiger partial charge on any atom is -0.480 e. The number of likely N-dealkylation sites (tertiary alicyclic amines) is 2. The van der Waals surface area contributed by atoms with Gasteiger partial charge < -0.3 is 10.0 Å². The zero-order valence-corrected chi connectivity index (χ0v) is 12.0.